The zero-order valence-corrected chi connectivity index (χ0v) is 12.4. The van der Waals surface area contributed by atoms with Gasteiger partial charge in [0.2, 0.25) is 0 Å². The summed E-state index contributed by atoms with van der Waals surface area (Å²) in [6.07, 6.45) is 4.31. The van der Waals surface area contributed by atoms with E-state index in [1.54, 1.807) is 6.20 Å². The zero-order valence-electron chi connectivity index (χ0n) is 12.4. The number of hydrogen-bond acceptors (Lipinski definition) is 3. The van der Waals surface area contributed by atoms with Crippen LogP contribution < -0.4 is 5.32 Å². The first-order valence-corrected chi connectivity index (χ1v) is 7.18. The fraction of sp³-hybridized carbons (Fsp3) is 0.375. The molecule has 112 valence electrons. The zero-order chi connectivity index (χ0) is 15.3. The molecule has 1 aromatic heterocycles. The molecule has 1 unspecified atom stereocenters. The predicted molar refractivity (Wildman–Crippen MR) is 81.0 cm³/mol. The number of aryl methyl sites for hydroxylation is 1. The van der Waals surface area contributed by atoms with Gasteiger partial charge in [-0.1, -0.05) is 44.2 Å². The standard InChI is InChI=1S/C16H21N3O2/c1-3-14-17-10-11-19(14)12-16(15(20)21,18-4-2)13-8-6-5-7-9-13/h5-11,18H,3-4,12H2,1-2H3,(H,20,21). The van der Waals surface area contributed by atoms with Crippen LogP contribution in [0.5, 0.6) is 0 Å². The van der Waals surface area contributed by atoms with Crippen molar-refractivity contribution in [3.8, 4) is 0 Å². The number of carboxylic acid groups (broad SMARTS) is 1. The van der Waals surface area contributed by atoms with Crippen molar-refractivity contribution in [2.24, 2.45) is 0 Å². The molecular formula is C16H21N3O2. The van der Waals surface area contributed by atoms with E-state index in [0.717, 1.165) is 17.8 Å². The summed E-state index contributed by atoms with van der Waals surface area (Å²) in [6, 6.07) is 9.30. The molecule has 2 aromatic rings. The van der Waals surface area contributed by atoms with E-state index in [4.69, 9.17) is 0 Å². The van der Waals surface area contributed by atoms with Crippen LogP contribution in [0.1, 0.15) is 25.2 Å². The maximum atomic E-state index is 12.0. The smallest absolute Gasteiger partial charge is 0.330 e. The lowest BCUT2D eigenvalue weighted by Crippen LogP contribution is -2.52. The third-order valence-electron chi connectivity index (χ3n) is 3.64. The Labute approximate surface area is 124 Å². The Kier molecular flexibility index (Phi) is 4.75. The maximum Gasteiger partial charge on any atom is 0.330 e. The SMILES string of the molecule is CCNC(Cn1ccnc1CC)(C(=O)O)c1ccccc1. The van der Waals surface area contributed by atoms with Crippen molar-refractivity contribution in [1.82, 2.24) is 14.9 Å². The molecule has 2 rings (SSSR count). The summed E-state index contributed by atoms with van der Waals surface area (Å²) >= 11 is 0. The van der Waals surface area contributed by atoms with E-state index >= 15 is 0 Å². The minimum Gasteiger partial charge on any atom is -0.480 e. The van der Waals surface area contributed by atoms with Gasteiger partial charge in [-0.3, -0.25) is 5.32 Å². The summed E-state index contributed by atoms with van der Waals surface area (Å²) in [7, 11) is 0. The van der Waals surface area contributed by atoms with Crippen LogP contribution >= 0.6 is 0 Å². The predicted octanol–water partition coefficient (Wildman–Crippen LogP) is 2.04. The van der Waals surface area contributed by atoms with Gasteiger partial charge in [0.25, 0.3) is 0 Å². The monoisotopic (exact) mass is 287 g/mol. The normalized spacial score (nSPS) is 13.8. The Hall–Kier alpha value is -2.14. The lowest BCUT2D eigenvalue weighted by molar-refractivity contribution is -0.146. The molecule has 0 radical (unpaired) electrons. The molecule has 2 N–H and O–H groups in total. The summed E-state index contributed by atoms with van der Waals surface area (Å²) in [5.41, 5.74) is -0.407. The second kappa shape index (κ2) is 6.54. The van der Waals surface area contributed by atoms with Crippen molar-refractivity contribution in [2.45, 2.75) is 32.4 Å². The molecule has 21 heavy (non-hydrogen) atoms. The highest BCUT2D eigenvalue weighted by Crippen LogP contribution is 2.24. The lowest BCUT2D eigenvalue weighted by Gasteiger charge is -2.31. The molecular weight excluding hydrogens is 266 g/mol. The first-order valence-electron chi connectivity index (χ1n) is 7.18. The van der Waals surface area contributed by atoms with Crippen LogP contribution in [0.2, 0.25) is 0 Å². The van der Waals surface area contributed by atoms with E-state index in [-0.39, 0.29) is 0 Å². The number of carboxylic acids is 1. The van der Waals surface area contributed by atoms with Gasteiger partial charge in [-0.15, -0.1) is 0 Å². The van der Waals surface area contributed by atoms with E-state index in [9.17, 15) is 9.90 Å². The van der Waals surface area contributed by atoms with Gasteiger partial charge < -0.3 is 9.67 Å². The van der Waals surface area contributed by atoms with Crippen LogP contribution in [0, 0.1) is 0 Å². The van der Waals surface area contributed by atoms with E-state index < -0.39 is 11.5 Å². The van der Waals surface area contributed by atoms with Crippen molar-refractivity contribution < 1.29 is 9.90 Å². The van der Waals surface area contributed by atoms with Crippen LogP contribution in [0.25, 0.3) is 0 Å². The molecule has 5 heteroatoms. The molecule has 1 heterocycles. The quantitative estimate of drug-likeness (QED) is 0.817. The van der Waals surface area contributed by atoms with Gasteiger partial charge in [-0.25, -0.2) is 9.78 Å². The largest absolute Gasteiger partial charge is 0.480 e. The molecule has 1 aromatic carbocycles. The highest BCUT2D eigenvalue weighted by molar-refractivity contribution is 5.80. The number of carbonyl (C=O) groups is 1. The summed E-state index contributed by atoms with van der Waals surface area (Å²) in [5.74, 6) is 0.000706. The highest BCUT2D eigenvalue weighted by atomic mass is 16.4. The third kappa shape index (κ3) is 2.97. The van der Waals surface area contributed by atoms with Crippen molar-refractivity contribution >= 4 is 5.97 Å². The summed E-state index contributed by atoms with van der Waals surface area (Å²) in [6.45, 7) is 4.80. The molecule has 0 aliphatic rings. The number of imidazole rings is 1. The van der Waals surface area contributed by atoms with Crippen molar-refractivity contribution in [3.63, 3.8) is 0 Å². The van der Waals surface area contributed by atoms with Gasteiger partial charge in [0.15, 0.2) is 5.54 Å². The van der Waals surface area contributed by atoms with E-state index in [0.29, 0.717) is 13.1 Å². The van der Waals surface area contributed by atoms with Gasteiger partial charge in [0.05, 0.1) is 6.54 Å². The van der Waals surface area contributed by atoms with Crippen LogP contribution in [-0.2, 0) is 23.3 Å². The molecule has 0 spiro atoms. The number of aliphatic carboxylic acids is 1. The molecule has 0 saturated carbocycles. The van der Waals surface area contributed by atoms with Crippen LogP contribution in [0.4, 0.5) is 0 Å². The fourth-order valence-electron chi connectivity index (χ4n) is 2.59. The van der Waals surface area contributed by atoms with Crippen molar-refractivity contribution in [3.05, 3.63) is 54.1 Å². The topological polar surface area (TPSA) is 67.2 Å². The first-order chi connectivity index (χ1) is 10.1. The summed E-state index contributed by atoms with van der Waals surface area (Å²) in [5, 5.41) is 13.0. The maximum absolute atomic E-state index is 12.0. The molecule has 0 fully saturated rings. The Morgan fingerprint density at radius 2 is 2.05 bits per heavy atom. The molecule has 0 saturated heterocycles. The van der Waals surface area contributed by atoms with Gasteiger partial charge in [-0.05, 0) is 12.1 Å². The number of aromatic nitrogens is 2. The third-order valence-corrected chi connectivity index (χ3v) is 3.64. The number of rotatable bonds is 7. The van der Waals surface area contributed by atoms with Crippen LogP contribution in [0.3, 0.4) is 0 Å². The molecule has 0 amide bonds. The average Bonchev–Trinajstić information content (AvgIpc) is 2.94. The van der Waals surface area contributed by atoms with E-state index in [1.807, 2.05) is 54.9 Å². The first kappa shape index (κ1) is 15.3. The number of likely N-dealkylation sites (N-methyl/N-ethyl adjacent to an activating group) is 1. The molecule has 0 aliphatic carbocycles. The second-order valence-corrected chi connectivity index (χ2v) is 4.93. The van der Waals surface area contributed by atoms with Gasteiger partial charge in [-0.2, -0.15) is 0 Å². The van der Waals surface area contributed by atoms with Crippen molar-refractivity contribution in [2.75, 3.05) is 6.54 Å². The average molecular weight is 287 g/mol. The number of benzene rings is 1. The number of hydrogen-bond donors (Lipinski definition) is 2. The van der Waals surface area contributed by atoms with Crippen LogP contribution in [0.15, 0.2) is 42.7 Å². The fourth-order valence-corrected chi connectivity index (χ4v) is 2.59. The van der Waals surface area contributed by atoms with Gasteiger partial charge in [0.1, 0.15) is 5.82 Å². The van der Waals surface area contributed by atoms with E-state index in [1.165, 1.54) is 0 Å². The van der Waals surface area contributed by atoms with Crippen molar-refractivity contribution in [1.29, 1.82) is 0 Å². The Morgan fingerprint density at radius 3 is 2.62 bits per heavy atom. The summed E-state index contributed by atoms with van der Waals surface area (Å²) < 4.78 is 1.91. The minimum absolute atomic E-state index is 0.309. The number of nitrogens with zero attached hydrogens (tertiary/aromatic N) is 2. The molecule has 1 atom stereocenters. The minimum atomic E-state index is -1.15. The van der Waals surface area contributed by atoms with Gasteiger partial charge in [0, 0.05) is 18.8 Å². The highest BCUT2D eigenvalue weighted by Gasteiger charge is 2.40. The Balaban J connectivity index is 2.47. The molecule has 5 nitrogen and oxygen atoms in total. The summed E-state index contributed by atoms with van der Waals surface area (Å²) in [4.78, 5) is 16.3. The number of nitrogens with one attached hydrogen (secondary N) is 1. The second-order valence-electron chi connectivity index (χ2n) is 4.93. The Morgan fingerprint density at radius 1 is 1.33 bits per heavy atom. The van der Waals surface area contributed by atoms with Gasteiger partial charge >= 0.3 is 5.97 Å². The lowest BCUT2D eigenvalue weighted by atomic mass is 9.89. The Bertz CT molecular complexity index is 595. The molecule has 0 bridgehead atoms. The molecule has 0 aliphatic heterocycles. The van der Waals surface area contributed by atoms with Crippen LogP contribution in [-0.4, -0.2) is 27.2 Å². The van der Waals surface area contributed by atoms with E-state index in [2.05, 4.69) is 10.3 Å².